The predicted octanol–water partition coefficient (Wildman–Crippen LogP) is 3.49. The van der Waals surface area contributed by atoms with E-state index in [1.54, 1.807) is 0 Å². The molecule has 0 aliphatic heterocycles. The van der Waals surface area contributed by atoms with Crippen LogP contribution in [0.1, 0.15) is 71.6 Å². The second kappa shape index (κ2) is 13.0. The first-order valence-electron chi connectivity index (χ1n) is 7.20. The smallest absolute Gasteiger partial charge is 0.0664 e. The summed E-state index contributed by atoms with van der Waals surface area (Å²) in [5.41, 5.74) is 0. The highest BCUT2D eigenvalue weighted by atomic mass is 16.3. The molecule has 0 saturated carbocycles. The molecule has 98 valence electrons. The van der Waals surface area contributed by atoms with Crippen LogP contribution in [0.25, 0.3) is 0 Å². The van der Waals surface area contributed by atoms with Gasteiger partial charge in [-0.05, 0) is 19.4 Å². The third-order valence-corrected chi connectivity index (χ3v) is 2.98. The number of rotatable bonds is 12. The minimum Gasteiger partial charge on any atom is -0.392 e. The van der Waals surface area contributed by atoms with E-state index in [2.05, 4.69) is 19.2 Å². The van der Waals surface area contributed by atoms with Crippen molar-refractivity contribution in [2.45, 2.75) is 77.7 Å². The molecule has 1 unspecified atom stereocenters. The second-order valence-electron chi connectivity index (χ2n) is 4.77. The maximum Gasteiger partial charge on any atom is 0.0664 e. The van der Waals surface area contributed by atoms with Gasteiger partial charge in [-0.2, -0.15) is 0 Å². The van der Waals surface area contributed by atoms with Gasteiger partial charge in [-0.25, -0.2) is 0 Å². The lowest BCUT2D eigenvalue weighted by atomic mass is 10.1. The van der Waals surface area contributed by atoms with E-state index in [4.69, 9.17) is 0 Å². The lowest BCUT2D eigenvalue weighted by molar-refractivity contribution is 0.158. The van der Waals surface area contributed by atoms with Crippen LogP contribution < -0.4 is 5.32 Å². The molecule has 0 bridgehead atoms. The minimum atomic E-state index is -0.136. The van der Waals surface area contributed by atoms with Gasteiger partial charge >= 0.3 is 0 Å². The van der Waals surface area contributed by atoms with Crippen molar-refractivity contribution in [3.8, 4) is 0 Å². The van der Waals surface area contributed by atoms with Gasteiger partial charge in [0.15, 0.2) is 0 Å². The van der Waals surface area contributed by atoms with Crippen molar-refractivity contribution >= 4 is 0 Å². The Hall–Kier alpha value is -0.0800. The number of aliphatic hydroxyl groups is 1. The lowest BCUT2D eigenvalue weighted by Crippen LogP contribution is -2.27. The summed E-state index contributed by atoms with van der Waals surface area (Å²) >= 11 is 0. The molecule has 0 saturated heterocycles. The van der Waals surface area contributed by atoms with Crippen molar-refractivity contribution in [2.24, 2.45) is 0 Å². The van der Waals surface area contributed by atoms with E-state index in [1.807, 2.05) is 0 Å². The molecule has 0 aromatic rings. The molecular formula is C14H31NO. The number of nitrogens with one attached hydrogen (secondary N) is 1. The molecule has 1 atom stereocenters. The average molecular weight is 229 g/mol. The maximum atomic E-state index is 9.69. The summed E-state index contributed by atoms with van der Waals surface area (Å²) in [5.74, 6) is 0. The maximum absolute atomic E-state index is 9.69. The second-order valence-corrected chi connectivity index (χ2v) is 4.77. The van der Waals surface area contributed by atoms with E-state index in [-0.39, 0.29) is 6.10 Å². The Morgan fingerprint density at radius 1 is 0.875 bits per heavy atom. The van der Waals surface area contributed by atoms with Crippen LogP contribution in [0.3, 0.4) is 0 Å². The van der Waals surface area contributed by atoms with E-state index in [1.165, 1.54) is 51.4 Å². The van der Waals surface area contributed by atoms with Gasteiger partial charge in [-0.15, -0.1) is 0 Å². The molecule has 0 heterocycles. The molecule has 0 rings (SSSR count). The quantitative estimate of drug-likeness (QED) is 0.502. The van der Waals surface area contributed by atoms with Gasteiger partial charge in [0.2, 0.25) is 0 Å². The summed E-state index contributed by atoms with van der Waals surface area (Å²) in [6.45, 7) is 6.28. The van der Waals surface area contributed by atoms with Crippen LogP contribution in [0, 0.1) is 0 Å². The Labute approximate surface area is 102 Å². The topological polar surface area (TPSA) is 32.3 Å². The molecule has 2 heteroatoms. The SMILES string of the molecule is CCCCCCNCC(O)CCCCCC. The minimum absolute atomic E-state index is 0.136. The summed E-state index contributed by atoms with van der Waals surface area (Å²) in [4.78, 5) is 0. The zero-order valence-electron chi connectivity index (χ0n) is 11.3. The van der Waals surface area contributed by atoms with E-state index in [0.29, 0.717) is 0 Å². The Kier molecular flexibility index (Phi) is 12.9. The van der Waals surface area contributed by atoms with Gasteiger partial charge < -0.3 is 10.4 Å². The monoisotopic (exact) mass is 229 g/mol. The van der Waals surface area contributed by atoms with E-state index in [0.717, 1.165) is 19.5 Å². The fourth-order valence-corrected chi connectivity index (χ4v) is 1.85. The largest absolute Gasteiger partial charge is 0.392 e. The van der Waals surface area contributed by atoms with Crippen molar-refractivity contribution in [3.63, 3.8) is 0 Å². The lowest BCUT2D eigenvalue weighted by Gasteiger charge is -2.11. The van der Waals surface area contributed by atoms with Crippen molar-refractivity contribution in [3.05, 3.63) is 0 Å². The van der Waals surface area contributed by atoms with Crippen molar-refractivity contribution < 1.29 is 5.11 Å². The van der Waals surface area contributed by atoms with Crippen LogP contribution in [0.4, 0.5) is 0 Å². The van der Waals surface area contributed by atoms with Gasteiger partial charge in [-0.1, -0.05) is 58.8 Å². The Balaban J connectivity index is 3.08. The molecule has 0 fully saturated rings. The highest BCUT2D eigenvalue weighted by Gasteiger charge is 2.02. The van der Waals surface area contributed by atoms with Gasteiger partial charge in [-0.3, -0.25) is 0 Å². The van der Waals surface area contributed by atoms with Crippen molar-refractivity contribution in [1.82, 2.24) is 5.32 Å². The van der Waals surface area contributed by atoms with Gasteiger partial charge in [0, 0.05) is 6.54 Å². The number of aliphatic hydroxyl groups excluding tert-OH is 1. The average Bonchev–Trinajstić information content (AvgIpc) is 2.29. The Morgan fingerprint density at radius 2 is 1.50 bits per heavy atom. The Morgan fingerprint density at radius 3 is 2.12 bits per heavy atom. The molecular weight excluding hydrogens is 198 g/mol. The van der Waals surface area contributed by atoms with E-state index < -0.39 is 0 Å². The summed E-state index contributed by atoms with van der Waals surface area (Å²) in [6, 6.07) is 0. The zero-order valence-corrected chi connectivity index (χ0v) is 11.3. The summed E-state index contributed by atoms with van der Waals surface area (Å²) in [5, 5.41) is 13.0. The predicted molar refractivity (Wildman–Crippen MR) is 71.8 cm³/mol. The fraction of sp³-hybridized carbons (Fsp3) is 1.00. The molecule has 0 aliphatic carbocycles. The molecule has 2 N–H and O–H groups in total. The molecule has 0 amide bonds. The highest BCUT2D eigenvalue weighted by molar-refractivity contribution is 4.60. The van der Waals surface area contributed by atoms with Crippen LogP contribution in [-0.4, -0.2) is 24.3 Å². The van der Waals surface area contributed by atoms with Crippen LogP contribution in [0.5, 0.6) is 0 Å². The van der Waals surface area contributed by atoms with Crippen LogP contribution in [-0.2, 0) is 0 Å². The Bertz CT molecular complexity index is 128. The standard InChI is InChI=1S/C14H31NO/c1-3-5-7-9-11-14(16)13-15-12-10-8-6-4-2/h14-16H,3-13H2,1-2H3. The number of hydrogen-bond donors (Lipinski definition) is 2. The molecule has 2 nitrogen and oxygen atoms in total. The van der Waals surface area contributed by atoms with Gasteiger partial charge in [0.1, 0.15) is 0 Å². The third-order valence-electron chi connectivity index (χ3n) is 2.98. The van der Waals surface area contributed by atoms with Gasteiger partial charge in [0.25, 0.3) is 0 Å². The van der Waals surface area contributed by atoms with Crippen LogP contribution >= 0.6 is 0 Å². The molecule has 0 spiro atoms. The fourth-order valence-electron chi connectivity index (χ4n) is 1.85. The van der Waals surface area contributed by atoms with E-state index in [9.17, 15) is 5.11 Å². The van der Waals surface area contributed by atoms with Crippen molar-refractivity contribution in [2.75, 3.05) is 13.1 Å². The normalized spacial score (nSPS) is 12.9. The zero-order chi connectivity index (χ0) is 12.1. The number of unbranched alkanes of at least 4 members (excludes halogenated alkanes) is 6. The molecule has 0 aliphatic rings. The van der Waals surface area contributed by atoms with Crippen molar-refractivity contribution in [1.29, 1.82) is 0 Å². The third kappa shape index (κ3) is 12.0. The number of hydrogen-bond acceptors (Lipinski definition) is 2. The molecule has 0 aromatic carbocycles. The first kappa shape index (κ1) is 15.9. The molecule has 0 aromatic heterocycles. The molecule has 0 radical (unpaired) electrons. The molecule has 16 heavy (non-hydrogen) atoms. The van der Waals surface area contributed by atoms with E-state index >= 15 is 0 Å². The first-order chi connectivity index (χ1) is 7.81. The summed E-state index contributed by atoms with van der Waals surface area (Å²) in [6.07, 6.45) is 11.0. The summed E-state index contributed by atoms with van der Waals surface area (Å²) < 4.78 is 0. The van der Waals surface area contributed by atoms with Crippen LogP contribution in [0.2, 0.25) is 0 Å². The first-order valence-corrected chi connectivity index (χ1v) is 7.20. The van der Waals surface area contributed by atoms with Crippen LogP contribution in [0.15, 0.2) is 0 Å². The highest BCUT2D eigenvalue weighted by Crippen LogP contribution is 2.05. The van der Waals surface area contributed by atoms with Gasteiger partial charge in [0.05, 0.1) is 6.10 Å². The summed E-state index contributed by atoms with van der Waals surface area (Å²) in [7, 11) is 0.